The lowest BCUT2D eigenvalue weighted by Crippen LogP contribution is -2.16. The fraction of sp³-hybridized carbons (Fsp3) is 0.333. The van der Waals surface area contributed by atoms with Crippen LogP contribution in [0.15, 0.2) is 46.9 Å². The molecule has 1 aliphatic heterocycles. The lowest BCUT2D eigenvalue weighted by Gasteiger charge is -2.14. The highest BCUT2D eigenvalue weighted by atomic mass is 32.2. The van der Waals surface area contributed by atoms with Crippen molar-refractivity contribution in [2.75, 3.05) is 6.61 Å². The number of rotatable bonds is 7. The minimum atomic E-state index is -0.386. The van der Waals surface area contributed by atoms with Gasteiger partial charge in [-0.15, -0.1) is 21.5 Å². The molecule has 1 atom stereocenters. The molecule has 3 aromatic rings. The van der Waals surface area contributed by atoms with Crippen LogP contribution in [0.1, 0.15) is 18.4 Å². The van der Waals surface area contributed by atoms with E-state index in [0.29, 0.717) is 5.75 Å². The van der Waals surface area contributed by atoms with E-state index in [-0.39, 0.29) is 16.7 Å². The van der Waals surface area contributed by atoms with Crippen molar-refractivity contribution in [3.05, 3.63) is 57.5 Å². The highest BCUT2D eigenvalue weighted by Crippen LogP contribution is 2.30. The first-order chi connectivity index (χ1) is 13.2. The van der Waals surface area contributed by atoms with Gasteiger partial charge in [0.05, 0.1) is 22.4 Å². The van der Waals surface area contributed by atoms with E-state index in [1.807, 2.05) is 17.5 Å². The lowest BCUT2D eigenvalue weighted by atomic mass is 10.2. The second-order valence-electron chi connectivity index (χ2n) is 6.24. The van der Waals surface area contributed by atoms with E-state index in [9.17, 15) is 10.1 Å². The molecule has 2 aromatic heterocycles. The van der Waals surface area contributed by atoms with Crippen molar-refractivity contribution >= 4 is 28.8 Å². The zero-order chi connectivity index (χ0) is 18.6. The molecular weight excluding hydrogens is 384 g/mol. The van der Waals surface area contributed by atoms with Crippen LogP contribution in [-0.2, 0) is 17.0 Å². The van der Waals surface area contributed by atoms with Crippen LogP contribution in [0.4, 0.5) is 5.69 Å². The monoisotopic (exact) mass is 402 g/mol. The number of hydrogen-bond acceptors (Lipinski definition) is 7. The summed E-state index contributed by atoms with van der Waals surface area (Å²) < 4.78 is 7.94. The molecule has 0 amide bonds. The van der Waals surface area contributed by atoms with Crippen LogP contribution in [0.25, 0.3) is 10.7 Å². The Kier molecular flexibility index (Phi) is 5.51. The minimum absolute atomic E-state index is 0.102. The first-order valence-corrected chi connectivity index (χ1v) is 10.5. The molecule has 0 saturated carbocycles. The van der Waals surface area contributed by atoms with Gasteiger partial charge >= 0.3 is 0 Å². The van der Waals surface area contributed by atoms with Crippen molar-refractivity contribution in [3.8, 4) is 10.7 Å². The van der Waals surface area contributed by atoms with E-state index in [2.05, 4.69) is 14.8 Å². The number of hydrogen-bond donors (Lipinski definition) is 0. The number of nitro benzene ring substituents is 1. The predicted octanol–water partition coefficient (Wildman–Crippen LogP) is 4.39. The van der Waals surface area contributed by atoms with E-state index in [0.717, 1.165) is 47.4 Å². The van der Waals surface area contributed by atoms with Crippen LogP contribution in [-0.4, -0.2) is 32.4 Å². The van der Waals surface area contributed by atoms with Crippen LogP contribution < -0.4 is 0 Å². The summed E-state index contributed by atoms with van der Waals surface area (Å²) in [6, 6.07) is 10.7. The summed E-state index contributed by atoms with van der Waals surface area (Å²) in [6.07, 6.45) is 2.33. The van der Waals surface area contributed by atoms with Gasteiger partial charge < -0.3 is 4.74 Å². The first kappa shape index (κ1) is 18.1. The van der Waals surface area contributed by atoms with E-state index >= 15 is 0 Å². The number of nitrogens with zero attached hydrogens (tertiary/aromatic N) is 4. The topological polar surface area (TPSA) is 83.1 Å². The van der Waals surface area contributed by atoms with Crippen molar-refractivity contribution in [1.82, 2.24) is 14.8 Å². The highest BCUT2D eigenvalue weighted by Gasteiger charge is 2.22. The largest absolute Gasteiger partial charge is 0.376 e. The lowest BCUT2D eigenvalue weighted by molar-refractivity contribution is -0.384. The van der Waals surface area contributed by atoms with Gasteiger partial charge in [-0.3, -0.25) is 14.7 Å². The van der Waals surface area contributed by atoms with Crippen LogP contribution in [0.3, 0.4) is 0 Å². The maximum absolute atomic E-state index is 10.8. The molecule has 0 spiro atoms. The number of thioether (sulfide) groups is 1. The molecule has 7 nitrogen and oxygen atoms in total. The van der Waals surface area contributed by atoms with Crippen molar-refractivity contribution in [2.24, 2.45) is 0 Å². The molecule has 9 heteroatoms. The van der Waals surface area contributed by atoms with Crippen LogP contribution >= 0.6 is 23.1 Å². The van der Waals surface area contributed by atoms with Gasteiger partial charge in [-0.2, -0.15) is 0 Å². The third-order valence-electron chi connectivity index (χ3n) is 4.38. The normalized spacial score (nSPS) is 16.7. The van der Waals surface area contributed by atoms with Gasteiger partial charge in [0.15, 0.2) is 11.0 Å². The van der Waals surface area contributed by atoms with E-state index in [1.54, 1.807) is 35.2 Å². The average Bonchev–Trinajstić information content (AvgIpc) is 3.43. The second-order valence-corrected chi connectivity index (χ2v) is 8.13. The van der Waals surface area contributed by atoms with Gasteiger partial charge in [0.25, 0.3) is 5.69 Å². The Hall–Kier alpha value is -2.23. The number of thiophene rings is 1. The Morgan fingerprint density at radius 2 is 2.15 bits per heavy atom. The number of non-ortho nitro benzene ring substituents is 1. The minimum Gasteiger partial charge on any atom is -0.376 e. The van der Waals surface area contributed by atoms with E-state index in [4.69, 9.17) is 4.74 Å². The fourth-order valence-electron chi connectivity index (χ4n) is 3.00. The smallest absolute Gasteiger partial charge is 0.269 e. The van der Waals surface area contributed by atoms with Gasteiger partial charge in [-0.25, -0.2) is 0 Å². The third-order valence-corrected chi connectivity index (χ3v) is 6.29. The quantitative estimate of drug-likeness (QED) is 0.331. The van der Waals surface area contributed by atoms with Crippen molar-refractivity contribution in [2.45, 2.75) is 36.4 Å². The number of ether oxygens (including phenoxy) is 1. The van der Waals surface area contributed by atoms with Gasteiger partial charge in [-0.05, 0) is 29.9 Å². The maximum Gasteiger partial charge on any atom is 0.269 e. The van der Waals surface area contributed by atoms with Gasteiger partial charge in [0, 0.05) is 24.5 Å². The summed E-state index contributed by atoms with van der Waals surface area (Å²) in [5.74, 6) is 1.54. The number of benzene rings is 1. The van der Waals surface area contributed by atoms with Gasteiger partial charge in [-0.1, -0.05) is 30.0 Å². The van der Waals surface area contributed by atoms with Crippen LogP contribution in [0.2, 0.25) is 0 Å². The first-order valence-electron chi connectivity index (χ1n) is 8.65. The second kappa shape index (κ2) is 8.20. The summed E-state index contributed by atoms with van der Waals surface area (Å²) in [4.78, 5) is 11.5. The summed E-state index contributed by atoms with van der Waals surface area (Å²) in [7, 11) is 0. The molecule has 140 valence electrons. The fourth-order valence-corrected chi connectivity index (χ4v) is 4.62. The van der Waals surface area contributed by atoms with Crippen molar-refractivity contribution in [1.29, 1.82) is 0 Å². The molecule has 1 aliphatic rings. The van der Waals surface area contributed by atoms with Gasteiger partial charge in [0.2, 0.25) is 0 Å². The summed E-state index contributed by atoms with van der Waals surface area (Å²) in [5.41, 5.74) is 1.11. The van der Waals surface area contributed by atoms with E-state index in [1.165, 1.54) is 12.1 Å². The molecule has 1 unspecified atom stereocenters. The third kappa shape index (κ3) is 4.20. The zero-order valence-corrected chi connectivity index (χ0v) is 16.1. The van der Waals surface area contributed by atoms with Crippen LogP contribution in [0, 0.1) is 10.1 Å². The van der Waals surface area contributed by atoms with Crippen LogP contribution in [0.5, 0.6) is 0 Å². The predicted molar refractivity (Wildman–Crippen MR) is 105 cm³/mol. The summed E-state index contributed by atoms with van der Waals surface area (Å²) in [5, 5.41) is 22.5. The molecule has 4 rings (SSSR count). The molecule has 3 heterocycles. The number of aromatic nitrogens is 3. The summed E-state index contributed by atoms with van der Waals surface area (Å²) >= 11 is 3.23. The molecule has 1 fully saturated rings. The zero-order valence-electron chi connectivity index (χ0n) is 14.5. The molecule has 1 saturated heterocycles. The molecule has 0 bridgehead atoms. The highest BCUT2D eigenvalue weighted by molar-refractivity contribution is 7.98. The SMILES string of the molecule is O=[N+]([O-])c1ccc(CSc2nnc(-c3cccs3)n2CC2CCCO2)cc1. The summed E-state index contributed by atoms with van der Waals surface area (Å²) in [6.45, 7) is 1.55. The van der Waals surface area contributed by atoms with Gasteiger partial charge in [0.1, 0.15) is 0 Å². The molecule has 0 radical (unpaired) electrons. The Bertz CT molecular complexity index is 903. The average molecular weight is 403 g/mol. The number of nitro groups is 1. The molecule has 27 heavy (non-hydrogen) atoms. The Morgan fingerprint density at radius 1 is 1.30 bits per heavy atom. The van der Waals surface area contributed by atoms with Crippen molar-refractivity contribution in [3.63, 3.8) is 0 Å². The Labute approximate surface area is 164 Å². The van der Waals surface area contributed by atoms with E-state index < -0.39 is 0 Å². The molecule has 0 aliphatic carbocycles. The molecular formula is C18H18N4O3S2. The Morgan fingerprint density at radius 3 is 2.81 bits per heavy atom. The maximum atomic E-state index is 10.8. The Balaban J connectivity index is 1.53. The molecule has 1 aromatic carbocycles. The standard InChI is InChI=1S/C18H18N4O3S2/c23-22(24)14-7-5-13(6-8-14)12-27-18-20-19-17(16-4-2-10-26-16)21(18)11-15-3-1-9-25-15/h2,4-8,10,15H,1,3,9,11-12H2. The molecule has 0 N–H and O–H groups in total. The van der Waals surface area contributed by atoms with Crippen molar-refractivity contribution < 1.29 is 9.66 Å².